The highest BCUT2D eigenvalue weighted by molar-refractivity contribution is 6.06. The molecule has 0 radical (unpaired) electrons. The molecule has 5 aromatic heterocycles. The van der Waals surface area contributed by atoms with Gasteiger partial charge in [0.05, 0.1) is 29.8 Å². The number of imidazole rings is 1. The minimum atomic E-state index is -0.262. The lowest BCUT2D eigenvalue weighted by Gasteiger charge is -2.11. The van der Waals surface area contributed by atoms with Crippen LogP contribution in [-0.2, 0) is 0 Å². The first kappa shape index (κ1) is 20.8. The Kier molecular flexibility index (Phi) is 4.64. The highest BCUT2D eigenvalue weighted by atomic mass is 16.1. The van der Waals surface area contributed by atoms with Gasteiger partial charge in [0.15, 0.2) is 0 Å². The Labute approximate surface area is 208 Å². The Bertz CT molecular complexity index is 1920. The molecule has 0 fully saturated rings. The van der Waals surface area contributed by atoms with E-state index in [-0.39, 0.29) is 5.91 Å². The lowest BCUT2D eigenvalue weighted by Crippen LogP contribution is -2.12. The third-order valence-electron chi connectivity index (χ3n) is 6.07. The first-order valence-corrected chi connectivity index (χ1v) is 11.5. The number of aromatic amines is 2. The molecule has 0 atom stereocenters. The van der Waals surface area contributed by atoms with E-state index < -0.39 is 0 Å². The van der Waals surface area contributed by atoms with Gasteiger partial charge in [-0.05, 0) is 36.4 Å². The molecule has 0 saturated carbocycles. The summed E-state index contributed by atoms with van der Waals surface area (Å²) in [5.41, 5.74) is 5.31. The summed E-state index contributed by atoms with van der Waals surface area (Å²) >= 11 is 0. The molecule has 0 bridgehead atoms. The molecule has 0 aliphatic heterocycles. The van der Waals surface area contributed by atoms with E-state index in [4.69, 9.17) is 4.98 Å². The van der Waals surface area contributed by atoms with E-state index in [0.717, 1.165) is 38.7 Å². The predicted molar refractivity (Wildman–Crippen MR) is 140 cm³/mol. The number of nitrogens with zero attached hydrogens (tertiary/aromatic N) is 6. The van der Waals surface area contributed by atoms with Crippen LogP contribution in [0.25, 0.3) is 38.8 Å². The third kappa shape index (κ3) is 3.80. The number of amides is 1. The average Bonchev–Trinajstić information content (AvgIpc) is 3.67. The van der Waals surface area contributed by atoms with Crippen molar-refractivity contribution in [3.05, 3.63) is 91.3 Å². The molecule has 4 N–H and O–H groups in total. The molecule has 0 aliphatic rings. The van der Waals surface area contributed by atoms with Gasteiger partial charge in [0.2, 0.25) is 0 Å². The highest BCUT2D eigenvalue weighted by Gasteiger charge is 2.14. The van der Waals surface area contributed by atoms with Crippen LogP contribution in [0.1, 0.15) is 10.5 Å². The van der Waals surface area contributed by atoms with E-state index in [1.54, 1.807) is 18.5 Å². The molecule has 11 heteroatoms. The molecule has 11 nitrogen and oxygen atoms in total. The quantitative estimate of drug-likeness (QED) is 0.280. The molecule has 0 unspecified atom stereocenters. The average molecular weight is 486 g/mol. The lowest BCUT2D eigenvalue weighted by atomic mass is 10.1. The molecule has 5 heterocycles. The van der Waals surface area contributed by atoms with Crippen LogP contribution in [0.2, 0.25) is 0 Å². The fourth-order valence-corrected chi connectivity index (χ4v) is 4.31. The zero-order chi connectivity index (χ0) is 24.8. The molecule has 2 aromatic carbocycles. The standard InChI is InChI=1S/C26H18N10O/c37-26(32-19-5-6-28-29-14-19)22-10-15-1-2-16(11-21(15)33-22)25-34-23(12-24-27-7-8-36(24)25)31-18-3-4-20-17(9-18)13-30-35-20/h1-14,31,33H,(H,30,35)(H,28,32,37). The molecule has 0 spiro atoms. The van der Waals surface area contributed by atoms with Crippen molar-refractivity contribution in [1.29, 1.82) is 0 Å². The number of H-pyrrole nitrogens is 2. The normalized spacial score (nSPS) is 11.4. The van der Waals surface area contributed by atoms with E-state index in [1.165, 1.54) is 12.4 Å². The molecule has 1 amide bonds. The summed E-state index contributed by atoms with van der Waals surface area (Å²) in [6.45, 7) is 0. The van der Waals surface area contributed by atoms with Crippen LogP contribution in [-0.4, -0.2) is 45.7 Å². The zero-order valence-electron chi connectivity index (χ0n) is 19.2. The SMILES string of the molecule is O=C(Nc1ccnnc1)c1cc2ccc(-c3nc(Nc4ccc5[nH]ncc5c4)cc4nccn34)cc2[nH]1. The van der Waals surface area contributed by atoms with Crippen LogP contribution in [0.15, 0.2) is 85.6 Å². The number of hydrogen-bond acceptors (Lipinski definition) is 7. The van der Waals surface area contributed by atoms with Gasteiger partial charge < -0.3 is 15.6 Å². The van der Waals surface area contributed by atoms with Crippen LogP contribution < -0.4 is 10.6 Å². The van der Waals surface area contributed by atoms with Gasteiger partial charge in [-0.1, -0.05) is 12.1 Å². The van der Waals surface area contributed by atoms with E-state index in [9.17, 15) is 4.79 Å². The Morgan fingerprint density at radius 3 is 2.76 bits per heavy atom. The number of hydrogen-bond donors (Lipinski definition) is 4. The minimum absolute atomic E-state index is 0.262. The van der Waals surface area contributed by atoms with Crippen LogP contribution in [0, 0.1) is 0 Å². The Morgan fingerprint density at radius 1 is 0.865 bits per heavy atom. The van der Waals surface area contributed by atoms with Gasteiger partial charge in [0, 0.05) is 46.0 Å². The third-order valence-corrected chi connectivity index (χ3v) is 6.07. The van der Waals surface area contributed by atoms with Crippen molar-refractivity contribution in [2.24, 2.45) is 0 Å². The maximum Gasteiger partial charge on any atom is 0.272 e. The van der Waals surface area contributed by atoms with E-state index in [2.05, 4.69) is 41.0 Å². The van der Waals surface area contributed by atoms with Gasteiger partial charge in [-0.15, -0.1) is 0 Å². The summed E-state index contributed by atoms with van der Waals surface area (Å²) in [6.07, 6.45) is 8.42. The molecule has 0 saturated heterocycles. The smallest absolute Gasteiger partial charge is 0.272 e. The lowest BCUT2D eigenvalue weighted by molar-refractivity contribution is 0.102. The summed E-state index contributed by atoms with van der Waals surface area (Å²) in [6, 6.07) is 17.3. The fraction of sp³-hybridized carbons (Fsp3) is 0. The summed E-state index contributed by atoms with van der Waals surface area (Å²) in [5.74, 6) is 1.11. The van der Waals surface area contributed by atoms with Crippen LogP contribution in [0.3, 0.4) is 0 Å². The van der Waals surface area contributed by atoms with Crippen molar-refractivity contribution < 1.29 is 4.79 Å². The summed E-state index contributed by atoms with van der Waals surface area (Å²) in [4.78, 5) is 25.3. The van der Waals surface area contributed by atoms with Crippen molar-refractivity contribution in [3.63, 3.8) is 0 Å². The molecule has 37 heavy (non-hydrogen) atoms. The number of benzene rings is 2. The summed E-state index contributed by atoms with van der Waals surface area (Å²) in [5, 5.41) is 22.7. The van der Waals surface area contributed by atoms with Crippen LogP contribution >= 0.6 is 0 Å². The second-order valence-electron chi connectivity index (χ2n) is 8.49. The van der Waals surface area contributed by atoms with Crippen molar-refractivity contribution in [3.8, 4) is 11.4 Å². The van der Waals surface area contributed by atoms with Gasteiger partial charge in [-0.25, -0.2) is 9.97 Å². The maximum atomic E-state index is 12.7. The van der Waals surface area contributed by atoms with E-state index >= 15 is 0 Å². The van der Waals surface area contributed by atoms with Gasteiger partial charge in [-0.2, -0.15) is 15.3 Å². The second kappa shape index (κ2) is 8.27. The monoisotopic (exact) mass is 486 g/mol. The number of carbonyl (C=O) groups excluding carboxylic acids is 1. The number of nitrogens with one attached hydrogen (secondary N) is 4. The molecule has 178 valence electrons. The van der Waals surface area contributed by atoms with Crippen molar-refractivity contribution >= 4 is 50.6 Å². The number of anilines is 3. The van der Waals surface area contributed by atoms with Crippen LogP contribution in [0.5, 0.6) is 0 Å². The minimum Gasteiger partial charge on any atom is -0.350 e. The van der Waals surface area contributed by atoms with Gasteiger partial charge >= 0.3 is 0 Å². The molecule has 7 aromatic rings. The summed E-state index contributed by atoms with van der Waals surface area (Å²) < 4.78 is 1.93. The first-order valence-electron chi connectivity index (χ1n) is 11.5. The summed E-state index contributed by atoms with van der Waals surface area (Å²) in [7, 11) is 0. The number of rotatable bonds is 5. The maximum absolute atomic E-state index is 12.7. The number of aromatic nitrogens is 8. The first-order chi connectivity index (χ1) is 18.2. The molecular weight excluding hydrogens is 468 g/mol. The van der Waals surface area contributed by atoms with Gasteiger partial charge in [-0.3, -0.25) is 14.3 Å². The molecule has 0 aliphatic carbocycles. The van der Waals surface area contributed by atoms with Gasteiger partial charge in [0.25, 0.3) is 5.91 Å². The van der Waals surface area contributed by atoms with Crippen LogP contribution in [0.4, 0.5) is 17.2 Å². The van der Waals surface area contributed by atoms with Crippen molar-refractivity contribution in [2.45, 2.75) is 0 Å². The Hall–Kier alpha value is -5.58. The molecule has 7 rings (SSSR count). The molecular formula is C26H18N10O. The zero-order valence-corrected chi connectivity index (χ0v) is 19.2. The van der Waals surface area contributed by atoms with E-state index in [0.29, 0.717) is 23.0 Å². The number of carbonyl (C=O) groups is 1. The predicted octanol–water partition coefficient (Wildman–Crippen LogP) is 4.54. The highest BCUT2D eigenvalue weighted by Crippen LogP contribution is 2.28. The van der Waals surface area contributed by atoms with Crippen molar-refractivity contribution in [1.82, 2.24) is 39.7 Å². The largest absolute Gasteiger partial charge is 0.350 e. The second-order valence-corrected chi connectivity index (χ2v) is 8.49. The Morgan fingerprint density at radius 2 is 1.84 bits per heavy atom. The van der Waals surface area contributed by atoms with Crippen molar-refractivity contribution in [2.75, 3.05) is 10.6 Å². The topological polar surface area (TPSA) is 142 Å². The fourth-order valence-electron chi connectivity index (χ4n) is 4.31. The van der Waals surface area contributed by atoms with Gasteiger partial charge in [0.1, 0.15) is 23.0 Å². The van der Waals surface area contributed by atoms with E-state index in [1.807, 2.05) is 59.1 Å². The number of fused-ring (bicyclic) bond motifs is 3. The Balaban J connectivity index is 1.24.